The number of carbonyl (C=O) groups is 3. The van der Waals surface area contributed by atoms with Gasteiger partial charge in [-0.2, -0.15) is 0 Å². The molecule has 1 saturated carbocycles. The zero-order valence-electron chi connectivity index (χ0n) is 21.6. The van der Waals surface area contributed by atoms with E-state index in [0.29, 0.717) is 31.4 Å². The van der Waals surface area contributed by atoms with Crippen molar-refractivity contribution in [1.29, 1.82) is 0 Å². The molecule has 36 heavy (non-hydrogen) atoms. The molecular weight excluding hydrogens is 472 g/mol. The van der Waals surface area contributed by atoms with E-state index in [-0.39, 0.29) is 18.1 Å². The van der Waals surface area contributed by atoms with Crippen LogP contribution in [0.2, 0.25) is 0 Å². The summed E-state index contributed by atoms with van der Waals surface area (Å²) in [5, 5.41) is 11.2. The van der Waals surface area contributed by atoms with E-state index >= 15 is 0 Å². The van der Waals surface area contributed by atoms with Gasteiger partial charge in [-0.05, 0) is 45.6 Å². The highest BCUT2D eigenvalue weighted by Gasteiger charge is 2.67. The third-order valence-electron chi connectivity index (χ3n) is 7.32. The first-order valence-electron chi connectivity index (χ1n) is 12.4. The summed E-state index contributed by atoms with van der Waals surface area (Å²) in [7, 11) is 0. The topological polar surface area (TPSA) is 133 Å². The Bertz CT molecular complexity index is 958. The van der Waals surface area contributed by atoms with E-state index in [9.17, 15) is 19.5 Å². The van der Waals surface area contributed by atoms with Crippen molar-refractivity contribution in [2.45, 2.75) is 103 Å². The summed E-state index contributed by atoms with van der Waals surface area (Å²) in [4.78, 5) is 36.2. The molecule has 0 aromatic carbocycles. The fraction of sp³-hybridized carbons (Fsp3) is 0.731. The van der Waals surface area contributed by atoms with Crippen LogP contribution in [0.25, 0.3) is 0 Å². The molecule has 200 valence electrons. The van der Waals surface area contributed by atoms with Crippen LogP contribution in [0.15, 0.2) is 23.5 Å². The van der Waals surface area contributed by atoms with Crippen molar-refractivity contribution in [3.63, 3.8) is 0 Å². The lowest BCUT2D eigenvalue weighted by Gasteiger charge is -2.43. The Kier molecular flexibility index (Phi) is 7.24. The zero-order valence-corrected chi connectivity index (χ0v) is 21.6. The highest BCUT2D eigenvalue weighted by Crippen LogP contribution is 2.56. The van der Waals surface area contributed by atoms with Crippen LogP contribution in [-0.4, -0.2) is 71.5 Å². The number of rotatable bonds is 6. The first kappa shape index (κ1) is 26.6. The van der Waals surface area contributed by atoms with Crippen LogP contribution in [0, 0.1) is 11.8 Å². The van der Waals surface area contributed by atoms with Gasteiger partial charge >= 0.3 is 17.9 Å². The quantitative estimate of drug-likeness (QED) is 0.247. The second-order valence-corrected chi connectivity index (χ2v) is 10.8. The predicted molar refractivity (Wildman–Crippen MR) is 124 cm³/mol. The second-order valence-electron chi connectivity index (χ2n) is 10.8. The van der Waals surface area contributed by atoms with Crippen molar-refractivity contribution in [2.24, 2.45) is 11.8 Å². The number of allylic oxidation sites excluding steroid dienone is 1. The largest absolute Gasteiger partial charge is 0.462 e. The molecule has 1 spiro atoms. The zero-order chi connectivity index (χ0) is 26.4. The van der Waals surface area contributed by atoms with E-state index in [1.54, 1.807) is 13.0 Å². The highest BCUT2D eigenvalue weighted by molar-refractivity contribution is 5.68. The average molecular weight is 509 g/mol. The van der Waals surface area contributed by atoms with Gasteiger partial charge in [0.15, 0.2) is 12.2 Å². The van der Waals surface area contributed by atoms with Gasteiger partial charge in [-0.15, -0.1) is 0 Å². The molecular formula is C26H36O10. The van der Waals surface area contributed by atoms with Crippen molar-refractivity contribution in [2.75, 3.05) is 6.61 Å². The van der Waals surface area contributed by atoms with Gasteiger partial charge in [0.05, 0.1) is 30.5 Å². The Morgan fingerprint density at radius 1 is 1.11 bits per heavy atom. The van der Waals surface area contributed by atoms with Gasteiger partial charge in [-0.25, -0.2) is 0 Å². The molecule has 1 aliphatic carbocycles. The molecule has 0 radical (unpaired) electrons. The number of ether oxygens (including phenoxy) is 6. The van der Waals surface area contributed by atoms with Crippen molar-refractivity contribution < 1.29 is 47.9 Å². The smallest absolute Gasteiger partial charge is 0.305 e. The molecule has 1 N–H and O–H groups in total. The van der Waals surface area contributed by atoms with Gasteiger partial charge in [-0.3, -0.25) is 14.4 Å². The van der Waals surface area contributed by atoms with Gasteiger partial charge in [0.1, 0.15) is 11.7 Å². The molecule has 0 aromatic heterocycles. The molecule has 9 unspecified atom stereocenters. The van der Waals surface area contributed by atoms with Gasteiger partial charge in [0, 0.05) is 32.8 Å². The maximum Gasteiger partial charge on any atom is 0.305 e. The number of carbonyl (C=O) groups excluding carboxylic acids is 3. The molecule has 0 amide bonds. The summed E-state index contributed by atoms with van der Waals surface area (Å²) < 4.78 is 34.7. The summed E-state index contributed by atoms with van der Waals surface area (Å²) in [5.41, 5.74) is -0.341. The summed E-state index contributed by atoms with van der Waals surface area (Å²) >= 11 is 0. The maximum atomic E-state index is 12.2. The molecule has 10 heteroatoms. The Labute approximate surface area is 210 Å². The molecule has 4 aliphatic rings. The summed E-state index contributed by atoms with van der Waals surface area (Å²) in [6.07, 6.45) is 1.16. The summed E-state index contributed by atoms with van der Waals surface area (Å²) in [5.74, 6) is -2.41. The Morgan fingerprint density at radius 2 is 1.78 bits per heavy atom. The minimum atomic E-state index is -1.08. The lowest BCUT2D eigenvalue weighted by atomic mass is 9.70. The van der Waals surface area contributed by atoms with Crippen molar-refractivity contribution in [3.8, 4) is 0 Å². The van der Waals surface area contributed by atoms with E-state index in [2.05, 4.69) is 0 Å². The van der Waals surface area contributed by atoms with Crippen LogP contribution >= 0.6 is 0 Å². The lowest BCUT2D eigenvalue weighted by Crippen LogP contribution is -2.50. The van der Waals surface area contributed by atoms with Crippen LogP contribution in [-0.2, 0) is 42.8 Å². The van der Waals surface area contributed by atoms with Crippen LogP contribution in [0.1, 0.15) is 60.8 Å². The molecule has 3 heterocycles. The number of aliphatic hydroxyl groups is 1. The molecule has 0 aromatic rings. The summed E-state index contributed by atoms with van der Waals surface area (Å²) in [6.45, 7) is 9.75. The molecule has 0 bridgehead atoms. The van der Waals surface area contributed by atoms with Crippen LogP contribution < -0.4 is 0 Å². The minimum absolute atomic E-state index is 0.183. The highest BCUT2D eigenvalue weighted by atomic mass is 16.7. The number of hydrogen-bond acceptors (Lipinski definition) is 10. The van der Waals surface area contributed by atoms with Gasteiger partial charge in [-0.1, -0.05) is 5.57 Å². The maximum absolute atomic E-state index is 12.2. The SMILES string of the molecule is CC(=O)OC(C=C(C)C)C(OC(C)=O)C1=COC(OC(C)=O)C2C1CCC(C)(O)C1OC1CC21CO1. The first-order chi connectivity index (χ1) is 16.8. The molecule has 3 aliphatic heterocycles. The number of epoxide rings is 2. The van der Waals surface area contributed by atoms with Crippen LogP contribution in [0.5, 0.6) is 0 Å². The number of hydrogen-bond donors (Lipinski definition) is 1. The predicted octanol–water partition coefficient (Wildman–Crippen LogP) is 2.32. The monoisotopic (exact) mass is 508 g/mol. The minimum Gasteiger partial charge on any atom is -0.462 e. The number of fused-ring (bicyclic) bond motifs is 3. The van der Waals surface area contributed by atoms with E-state index < -0.39 is 53.5 Å². The Balaban J connectivity index is 1.79. The van der Waals surface area contributed by atoms with E-state index in [1.165, 1.54) is 27.0 Å². The van der Waals surface area contributed by atoms with Crippen molar-refractivity contribution >= 4 is 17.9 Å². The Hall–Kier alpha value is -2.43. The molecule has 2 saturated heterocycles. The number of esters is 3. The van der Waals surface area contributed by atoms with Gasteiger partial charge in [0.2, 0.25) is 6.29 Å². The molecule has 9 atom stereocenters. The fourth-order valence-corrected chi connectivity index (χ4v) is 5.74. The van der Waals surface area contributed by atoms with E-state index in [0.717, 1.165) is 5.57 Å². The summed E-state index contributed by atoms with van der Waals surface area (Å²) in [6, 6.07) is 0. The third kappa shape index (κ3) is 5.60. The second kappa shape index (κ2) is 9.79. The molecule has 10 nitrogen and oxygen atoms in total. The van der Waals surface area contributed by atoms with Crippen LogP contribution in [0.3, 0.4) is 0 Å². The standard InChI is InChI=1S/C26H36O10/c1-13(2)9-19(33-14(3)27)22(34-15(4)28)18-11-31-24(35-16(5)29)21-17(18)7-8-25(6,30)23-20(36-23)10-26(21)12-32-26/h9,11,17,19-24,30H,7-8,10,12H2,1-6H3. The lowest BCUT2D eigenvalue weighted by molar-refractivity contribution is -0.195. The Morgan fingerprint density at radius 3 is 2.33 bits per heavy atom. The third-order valence-corrected chi connectivity index (χ3v) is 7.32. The van der Waals surface area contributed by atoms with E-state index in [1.807, 2.05) is 13.8 Å². The van der Waals surface area contributed by atoms with Crippen molar-refractivity contribution in [1.82, 2.24) is 0 Å². The van der Waals surface area contributed by atoms with Gasteiger partial charge in [0.25, 0.3) is 0 Å². The molecule has 4 rings (SSSR count). The van der Waals surface area contributed by atoms with E-state index in [4.69, 9.17) is 28.4 Å². The normalized spacial score (nSPS) is 38.2. The average Bonchev–Trinajstić information content (AvgIpc) is 3.66. The molecule has 3 fully saturated rings. The van der Waals surface area contributed by atoms with Crippen molar-refractivity contribution in [3.05, 3.63) is 23.5 Å². The van der Waals surface area contributed by atoms with Gasteiger partial charge < -0.3 is 33.5 Å². The van der Waals surface area contributed by atoms with Crippen LogP contribution in [0.4, 0.5) is 0 Å². The first-order valence-corrected chi connectivity index (χ1v) is 12.4. The fourth-order valence-electron chi connectivity index (χ4n) is 5.74.